The van der Waals surface area contributed by atoms with Crippen LogP contribution in [-0.2, 0) is 21.4 Å². The van der Waals surface area contributed by atoms with E-state index in [4.69, 9.17) is 10.5 Å². The monoisotopic (exact) mass is 324 g/mol. The van der Waals surface area contributed by atoms with Crippen molar-refractivity contribution >= 4 is 34.1 Å². The number of anilines is 1. The van der Waals surface area contributed by atoms with Crippen LogP contribution < -0.4 is 5.73 Å². The third-order valence-corrected chi connectivity index (χ3v) is 4.61. The van der Waals surface area contributed by atoms with Crippen molar-refractivity contribution in [2.75, 3.05) is 5.73 Å². The van der Waals surface area contributed by atoms with Crippen molar-refractivity contribution in [3.05, 3.63) is 46.2 Å². The number of nitrogen functional groups attached to an aromatic ring is 1. The molecule has 5 heteroatoms. The van der Waals surface area contributed by atoms with Crippen molar-refractivity contribution in [2.45, 2.75) is 27.7 Å². The summed E-state index contributed by atoms with van der Waals surface area (Å²) in [6.45, 7) is 7.45. The molecule has 1 fully saturated rings. The Morgan fingerprint density at radius 1 is 1.08 bits per heavy atom. The lowest BCUT2D eigenvalue weighted by Crippen LogP contribution is -2.01. The molecule has 0 bridgehead atoms. The van der Waals surface area contributed by atoms with Gasteiger partial charge in [-0.25, -0.2) is 9.59 Å². The molecule has 3 rings (SSSR count). The molecule has 24 heavy (non-hydrogen) atoms. The molecule has 0 aliphatic carbocycles. The number of benzene rings is 1. The molecule has 2 heterocycles. The smallest absolute Gasteiger partial charge is 0.347 e. The number of nitrogens with two attached hydrogens (primary N) is 1. The Morgan fingerprint density at radius 3 is 2.33 bits per heavy atom. The number of nitrogens with zero attached hydrogens (tertiary/aromatic N) is 1. The number of ether oxygens (including phenoxy) is 1. The van der Waals surface area contributed by atoms with E-state index in [0.29, 0.717) is 16.8 Å². The molecule has 0 amide bonds. The fraction of sp³-hybridized carbons (Fsp3) is 0.263. The van der Waals surface area contributed by atoms with Crippen LogP contribution in [0.4, 0.5) is 5.69 Å². The van der Waals surface area contributed by atoms with Crippen LogP contribution in [-0.4, -0.2) is 16.5 Å². The number of carbonyl (C=O) groups excluding carboxylic acids is 2. The van der Waals surface area contributed by atoms with Crippen LogP contribution in [0.2, 0.25) is 0 Å². The van der Waals surface area contributed by atoms with Crippen LogP contribution in [0.3, 0.4) is 0 Å². The number of esters is 2. The molecule has 124 valence electrons. The van der Waals surface area contributed by atoms with Gasteiger partial charge in [0, 0.05) is 29.4 Å². The Labute approximate surface area is 140 Å². The van der Waals surface area contributed by atoms with Gasteiger partial charge in [0.1, 0.15) is 0 Å². The van der Waals surface area contributed by atoms with E-state index in [2.05, 4.69) is 0 Å². The summed E-state index contributed by atoms with van der Waals surface area (Å²) in [4.78, 5) is 24.3. The largest absolute Gasteiger partial charge is 0.399 e. The maximum atomic E-state index is 12.3. The second-order valence-electron chi connectivity index (χ2n) is 6.35. The van der Waals surface area contributed by atoms with Gasteiger partial charge >= 0.3 is 11.9 Å². The predicted octanol–water partition coefficient (Wildman–Crippen LogP) is 3.26. The number of rotatable bonds is 1. The minimum absolute atomic E-state index is 0.354. The van der Waals surface area contributed by atoms with Gasteiger partial charge in [0.2, 0.25) is 0 Å². The van der Waals surface area contributed by atoms with E-state index >= 15 is 0 Å². The molecule has 1 aliphatic rings. The van der Waals surface area contributed by atoms with Crippen molar-refractivity contribution in [1.29, 1.82) is 0 Å². The summed E-state index contributed by atoms with van der Waals surface area (Å²) >= 11 is 0. The number of fused-ring (bicyclic) bond motifs is 1. The molecule has 2 N–H and O–H groups in total. The van der Waals surface area contributed by atoms with Crippen LogP contribution in [0.1, 0.15) is 32.0 Å². The van der Waals surface area contributed by atoms with Crippen LogP contribution in [0.15, 0.2) is 34.9 Å². The summed E-state index contributed by atoms with van der Waals surface area (Å²) < 4.78 is 6.88. The van der Waals surface area contributed by atoms with Crippen LogP contribution in [0.25, 0.3) is 16.5 Å². The van der Waals surface area contributed by atoms with E-state index < -0.39 is 11.9 Å². The highest BCUT2D eigenvalue weighted by Gasteiger charge is 2.36. The second-order valence-corrected chi connectivity index (χ2v) is 6.35. The van der Waals surface area contributed by atoms with Crippen molar-refractivity contribution in [2.24, 2.45) is 7.05 Å². The van der Waals surface area contributed by atoms with E-state index in [-0.39, 0.29) is 0 Å². The predicted molar refractivity (Wildman–Crippen MR) is 94.1 cm³/mol. The molecular formula is C19H20N2O3. The number of aromatic nitrogens is 1. The van der Waals surface area contributed by atoms with Gasteiger partial charge < -0.3 is 15.0 Å². The Kier molecular flexibility index (Phi) is 3.59. The summed E-state index contributed by atoms with van der Waals surface area (Å²) in [6, 6.07) is 5.69. The minimum atomic E-state index is -0.583. The van der Waals surface area contributed by atoms with Gasteiger partial charge in [-0.05, 0) is 45.4 Å². The van der Waals surface area contributed by atoms with E-state index in [1.54, 1.807) is 13.8 Å². The fourth-order valence-electron chi connectivity index (χ4n) is 3.36. The number of aryl methyl sites for hydroxylation is 1. The first kappa shape index (κ1) is 16.1. The Balaban J connectivity index is 2.39. The third kappa shape index (κ3) is 2.16. The summed E-state index contributed by atoms with van der Waals surface area (Å²) in [6.07, 6.45) is 0. The number of allylic oxidation sites excluding steroid dienone is 2. The zero-order valence-electron chi connectivity index (χ0n) is 14.5. The van der Waals surface area contributed by atoms with Crippen molar-refractivity contribution in [3.8, 4) is 0 Å². The van der Waals surface area contributed by atoms with Gasteiger partial charge in [0.15, 0.2) is 0 Å². The van der Waals surface area contributed by atoms with E-state index in [9.17, 15) is 9.59 Å². The molecule has 1 aromatic carbocycles. The molecule has 0 saturated carbocycles. The number of hydrogen-bond acceptors (Lipinski definition) is 4. The molecule has 0 unspecified atom stereocenters. The standard InChI is InChI=1S/C19H20N2O3/c1-9(2)15-17(19(23)24-18(15)22)10(3)16-11(4)21(5)14-8-12(20)6-7-13(14)16/h6-8H,20H2,1-5H3/b17-10-. The first-order valence-corrected chi connectivity index (χ1v) is 7.74. The van der Waals surface area contributed by atoms with E-state index in [1.807, 2.05) is 43.7 Å². The normalized spacial score (nSPS) is 16.8. The zero-order chi connectivity index (χ0) is 17.8. The highest BCUT2D eigenvalue weighted by Crippen LogP contribution is 2.38. The SMILES string of the molecule is CC(C)=C1C(=O)OC(=O)/C1=C(/C)c1c(C)n(C)c2cc(N)ccc12. The van der Waals surface area contributed by atoms with Crippen LogP contribution in [0, 0.1) is 6.92 Å². The quantitative estimate of drug-likeness (QED) is 0.378. The maximum absolute atomic E-state index is 12.3. The number of cyclic esters (lactones) is 2. The molecule has 5 nitrogen and oxygen atoms in total. The average Bonchev–Trinajstić information content (AvgIpc) is 2.93. The molecule has 0 radical (unpaired) electrons. The van der Waals surface area contributed by atoms with Gasteiger partial charge in [0.25, 0.3) is 0 Å². The molecule has 0 spiro atoms. The molecule has 1 aliphatic heterocycles. The van der Waals surface area contributed by atoms with E-state index in [0.717, 1.165) is 33.3 Å². The van der Waals surface area contributed by atoms with Crippen molar-refractivity contribution < 1.29 is 14.3 Å². The van der Waals surface area contributed by atoms with Crippen LogP contribution >= 0.6 is 0 Å². The lowest BCUT2D eigenvalue weighted by molar-refractivity contribution is -0.149. The highest BCUT2D eigenvalue weighted by molar-refractivity contribution is 6.22. The first-order valence-electron chi connectivity index (χ1n) is 7.74. The van der Waals surface area contributed by atoms with Gasteiger partial charge in [-0.15, -0.1) is 0 Å². The average molecular weight is 324 g/mol. The lowest BCUT2D eigenvalue weighted by Gasteiger charge is -2.07. The number of carbonyl (C=O) groups is 2. The Hall–Kier alpha value is -2.82. The number of hydrogen-bond donors (Lipinski definition) is 1. The Bertz CT molecular complexity index is 970. The minimum Gasteiger partial charge on any atom is -0.399 e. The Morgan fingerprint density at radius 2 is 1.71 bits per heavy atom. The second kappa shape index (κ2) is 5.37. The topological polar surface area (TPSA) is 74.3 Å². The van der Waals surface area contributed by atoms with Crippen LogP contribution in [0.5, 0.6) is 0 Å². The van der Waals surface area contributed by atoms with Crippen molar-refractivity contribution in [1.82, 2.24) is 4.57 Å². The van der Waals surface area contributed by atoms with Gasteiger partial charge in [-0.1, -0.05) is 11.6 Å². The molecular weight excluding hydrogens is 304 g/mol. The maximum Gasteiger partial charge on any atom is 0.347 e. The van der Waals surface area contributed by atoms with Crippen molar-refractivity contribution in [3.63, 3.8) is 0 Å². The lowest BCUT2D eigenvalue weighted by atomic mass is 9.93. The van der Waals surface area contributed by atoms with E-state index in [1.165, 1.54) is 0 Å². The highest BCUT2D eigenvalue weighted by atomic mass is 16.6. The molecule has 0 atom stereocenters. The fourth-order valence-corrected chi connectivity index (χ4v) is 3.36. The molecule has 1 saturated heterocycles. The summed E-state index contributed by atoms with van der Waals surface area (Å²) in [7, 11) is 1.96. The molecule has 2 aromatic rings. The van der Waals surface area contributed by atoms with Gasteiger partial charge in [0.05, 0.1) is 16.7 Å². The van der Waals surface area contributed by atoms with Gasteiger partial charge in [-0.2, -0.15) is 0 Å². The summed E-state index contributed by atoms with van der Waals surface area (Å²) in [5, 5.41) is 0.995. The first-order chi connectivity index (χ1) is 11.2. The van der Waals surface area contributed by atoms with Gasteiger partial charge in [-0.3, -0.25) is 0 Å². The summed E-state index contributed by atoms with van der Waals surface area (Å²) in [5.41, 5.74) is 11.7. The molecule has 1 aromatic heterocycles. The zero-order valence-corrected chi connectivity index (χ0v) is 14.5. The summed E-state index contributed by atoms with van der Waals surface area (Å²) in [5.74, 6) is -1.16. The third-order valence-electron chi connectivity index (χ3n) is 4.61.